The van der Waals surface area contributed by atoms with Crippen LogP contribution in [0, 0.1) is 6.92 Å². The van der Waals surface area contributed by atoms with E-state index in [4.69, 9.17) is 5.11 Å². The van der Waals surface area contributed by atoms with Gasteiger partial charge in [0.1, 0.15) is 0 Å². The number of carbonyl (C=O) groups excluding carboxylic acids is 3. The van der Waals surface area contributed by atoms with Gasteiger partial charge in [-0.15, -0.1) is 0 Å². The number of aliphatic hydroxyl groups is 1. The third kappa shape index (κ3) is 3.51. The number of rotatable bonds is 6. The lowest BCUT2D eigenvalue weighted by Gasteiger charge is -2.13. The van der Waals surface area contributed by atoms with Gasteiger partial charge in [-0.25, -0.2) is 0 Å². The Hall–Kier alpha value is -2.21. The molecule has 1 aromatic rings. The van der Waals surface area contributed by atoms with E-state index < -0.39 is 6.10 Å². The number of fused-ring (bicyclic) bond motifs is 1. The summed E-state index contributed by atoms with van der Waals surface area (Å²) in [6.45, 7) is 3.87. The van der Waals surface area contributed by atoms with E-state index in [1.165, 1.54) is 4.90 Å². The van der Waals surface area contributed by atoms with Crippen molar-refractivity contribution < 1.29 is 19.5 Å². The fourth-order valence-electron chi connectivity index (χ4n) is 2.36. The number of nitrogens with zero attached hydrogens (tertiary/aromatic N) is 1. The smallest absolute Gasteiger partial charge is 0.261 e. The zero-order chi connectivity index (χ0) is 16.3. The van der Waals surface area contributed by atoms with Crippen LogP contribution in [0.4, 0.5) is 0 Å². The quantitative estimate of drug-likeness (QED) is 0.763. The zero-order valence-electron chi connectivity index (χ0n) is 12.8. The molecule has 0 radical (unpaired) electrons. The number of aryl methyl sites for hydroxylation is 1. The van der Waals surface area contributed by atoms with Gasteiger partial charge in [0.2, 0.25) is 5.91 Å². The summed E-state index contributed by atoms with van der Waals surface area (Å²) in [7, 11) is 0. The monoisotopic (exact) mass is 304 g/mol. The summed E-state index contributed by atoms with van der Waals surface area (Å²) in [6, 6.07) is 5.18. The first-order valence-corrected chi connectivity index (χ1v) is 7.31. The van der Waals surface area contributed by atoms with Crippen LogP contribution in [0.1, 0.15) is 46.0 Å². The molecule has 0 bridgehead atoms. The van der Waals surface area contributed by atoms with Crippen molar-refractivity contribution in [1.82, 2.24) is 10.2 Å². The third-order valence-electron chi connectivity index (χ3n) is 3.51. The van der Waals surface area contributed by atoms with E-state index in [9.17, 15) is 14.4 Å². The summed E-state index contributed by atoms with van der Waals surface area (Å²) in [5.74, 6) is -0.800. The van der Waals surface area contributed by atoms with E-state index in [0.717, 1.165) is 5.56 Å². The van der Waals surface area contributed by atoms with E-state index in [1.807, 2.05) is 6.92 Å². The summed E-state index contributed by atoms with van der Waals surface area (Å²) in [5.41, 5.74) is 1.79. The first-order valence-electron chi connectivity index (χ1n) is 7.31. The average molecular weight is 304 g/mol. The van der Waals surface area contributed by atoms with Gasteiger partial charge in [0.15, 0.2) is 0 Å². The molecule has 1 aliphatic rings. The van der Waals surface area contributed by atoms with Crippen LogP contribution >= 0.6 is 0 Å². The molecule has 118 valence electrons. The molecule has 6 heteroatoms. The van der Waals surface area contributed by atoms with Gasteiger partial charge in [0.25, 0.3) is 11.8 Å². The minimum absolute atomic E-state index is 0.200. The predicted octanol–water partition coefficient (Wildman–Crippen LogP) is 0.868. The largest absolute Gasteiger partial charge is 0.392 e. The van der Waals surface area contributed by atoms with Crippen LogP contribution in [-0.4, -0.2) is 46.9 Å². The van der Waals surface area contributed by atoms with Crippen LogP contribution in [-0.2, 0) is 4.79 Å². The molecular formula is C16H20N2O4. The van der Waals surface area contributed by atoms with E-state index in [0.29, 0.717) is 17.5 Å². The third-order valence-corrected chi connectivity index (χ3v) is 3.51. The number of benzene rings is 1. The van der Waals surface area contributed by atoms with Crippen molar-refractivity contribution in [2.75, 3.05) is 13.1 Å². The Morgan fingerprint density at radius 3 is 2.64 bits per heavy atom. The second-order valence-corrected chi connectivity index (χ2v) is 5.57. The van der Waals surface area contributed by atoms with Crippen LogP contribution in [0.2, 0.25) is 0 Å². The molecule has 0 unspecified atom stereocenters. The Morgan fingerprint density at radius 1 is 1.27 bits per heavy atom. The minimum atomic E-state index is -0.594. The molecule has 1 aromatic carbocycles. The average Bonchev–Trinajstić information content (AvgIpc) is 2.69. The normalized spacial score (nSPS) is 15.0. The molecule has 22 heavy (non-hydrogen) atoms. The van der Waals surface area contributed by atoms with E-state index in [-0.39, 0.29) is 37.2 Å². The molecule has 0 fully saturated rings. The topological polar surface area (TPSA) is 86.7 Å². The minimum Gasteiger partial charge on any atom is -0.392 e. The van der Waals surface area contributed by atoms with E-state index in [2.05, 4.69) is 5.32 Å². The van der Waals surface area contributed by atoms with Crippen molar-refractivity contribution in [2.24, 2.45) is 0 Å². The highest BCUT2D eigenvalue weighted by atomic mass is 16.3. The van der Waals surface area contributed by atoms with Gasteiger partial charge in [-0.3, -0.25) is 19.3 Å². The fourth-order valence-corrected chi connectivity index (χ4v) is 2.36. The Morgan fingerprint density at radius 2 is 1.95 bits per heavy atom. The SMILES string of the molecule is Cc1ccc2c(c1)C(=O)N(CCCC(=O)NC[C@@H](C)O)C2=O. The van der Waals surface area contributed by atoms with Gasteiger partial charge < -0.3 is 10.4 Å². The summed E-state index contributed by atoms with van der Waals surface area (Å²) >= 11 is 0. The molecule has 1 atom stereocenters. The van der Waals surface area contributed by atoms with Crippen LogP contribution in [0.15, 0.2) is 18.2 Å². The molecule has 6 nitrogen and oxygen atoms in total. The number of aliphatic hydroxyl groups excluding tert-OH is 1. The highest BCUT2D eigenvalue weighted by molar-refractivity contribution is 6.21. The highest BCUT2D eigenvalue weighted by Gasteiger charge is 2.34. The van der Waals surface area contributed by atoms with Crippen molar-refractivity contribution >= 4 is 17.7 Å². The summed E-state index contributed by atoms with van der Waals surface area (Å²) in [4.78, 5) is 37.1. The Bertz CT molecular complexity index is 610. The predicted molar refractivity (Wildman–Crippen MR) is 80.5 cm³/mol. The van der Waals surface area contributed by atoms with E-state index >= 15 is 0 Å². The summed E-state index contributed by atoms with van der Waals surface area (Å²) in [5, 5.41) is 11.7. The van der Waals surface area contributed by atoms with Gasteiger partial charge >= 0.3 is 0 Å². The number of hydrogen-bond donors (Lipinski definition) is 2. The molecule has 1 aliphatic heterocycles. The second kappa shape index (κ2) is 6.70. The van der Waals surface area contributed by atoms with Gasteiger partial charge in [0, 0.05) is 19.5 Å². The molecule has 2 rings (SSSR count). The van der Waals surface area contributed by atoms with Crippen molar-refractivity contribution in [2.45, 2.75) is 32.8 Å². The maximum atomic E-state index is 12.2. The maximum absolute atomic E-state index is 12.2. The summed E-state index contributed by atoms with van der Waals surface area (Å²) in [6.07, 6.45) is 0.0123. The number of hydrogen-bond acceptors (Lipinski definition) is 4. The molecule has 1 heterocycles. The van der Waals surface area contributed by atoms with E-state index in [1.54, 1.807) is 25.1 Å². The molecule has 0 saturated carbocycles. The second-order valence-electron chi connectivity index (χ2n) is 5.57. The Kier molecular flexibility index (Phi) is 4.92. The van der Waals surface area contributed by atoms with Crippen LogP contribution in [0.5, 0.6) is 0 Å². The molecule has 2 N–H and O–H groups in total. The fraction of sp³-hybridized carbons (Fsp3) is 0.438. The zero-order valence-corrected chi connectivity index (χ0v) is 12.8. The van der Waals surface area contributed by atoms with Crippen molar-refractivity contribution in [3.63, 3.8) is 0 Å². The standard InChI is InChI=1S/C16H20N2O4/c1-10-5-6-12-13(8-10)16(22)18(15(12)21)7-3-4-14(20)17-9-11(2)19/h5-6,8,11,19H,3-4,7,9H2,1-2H3,(H,17,20)/t11-/m1/s1. The lowest BCUT2D eigenvalue weighted by Crippen LogP contribution is -2.33. The van der Waals surface area contributed by atoms with Crippen molar-refractivity contribution in [1.29, 1.82) is 0 Å². The first-order chi connectivity index (χ1) is 10.4. The van der Waals surface area contributed by atoms with Crippen molar-refractivity contribution in [3.8, 4) is 0 Å². The maximum Gasteiger partial charge on any atom is 0.261 e. The van der Waals surface area contributed by atoms with Crippen LogP contribution < -0.4 is 5.32 Å². The first kappa shape index (κ1) is 16.2. The number of amides is 3. The lowest BCUT2D eigenvalue weighted by molar-refractivity contribution is -0.121. The molecule has 0 aromatic heterocycles. The summed E-state index contributed by atoms with van der Waals surface area (Å²) < 4.78 is 0. The lowest BCUT2D eigenvalue weighted by atomic mass is 10.1. The Balaban J connectivity index is 1.89. The highest BCUT2D eigenvalue weighted by Crippen LogP contribution is 2.24. The van der Waals surface area contributed by atoms with Gasteiger partial charge in [-0.1, -0.05) is 11.6 Å². The molecular weight excluding hydrogens is 284 g/mol. The Labute approximate surface area is 129 Å². The number of carbonyl (C=O) groups is 3. The van der Waals surface area contributed by atoms with Crippen LogP contribution in [0.25, 0.3) is 0 Å². The number of imide groups is 1. The van der Waals surface area contributed by atoms with Gasteiger partial charge in [0.05, 0.1) is 17.2 Å². The van der Waals surface area contributed by atoms with Crippen LogP contribution in [0.3, 0.4) is 0 Å². The molecule has 3 amide bonds. The van der Waals surface area contributed by atoms with Gasteiger partial charge in [-0.05, 0) is 32.4 Å². The molecule has 0 spiro atoms. The molecule has 0 saturated heterocycles. The van der Waals surface area contributed by atoms with Crippen molar-refractivity contribution in [3.05, 3.63) is 34.9 Å². The number of nitrogens with one attached hydrogen (secondary N) is 1. The van der Waals surface area contributed by atoms with Gasteiger partial charge in [-0.2, -0.15) is 0 Å². The molecule has 0 aliphatic carbocycles.